The van der Waals surface area contributed by atoms with Crippen molar-refractivity contribution in [3.8, 4) is 0 Å². The minimum atomic E-state index is 0.664. The molecule has 0 aliphatic carbocycles. The topological polar surface area (TPSA) is 26.0 Å². The lowest BCUT2D eigenvalue weighted by molar-refractivity contribution is 0.977. The summed E-state index contributed by atoms with van der Waals surface area (Å²) in [5.41, 5.74) is 6.84. The molecule has 1 heterocycles. The number of rotatable bonds is 2. The van der Waals surface area contributed by atoms with Crippen LogP contribution in [0.5, 0.6) is 0 Å². The maximum Gasteiger partial charge on any atom is 0.0743 e. The van der Waals surface area contributed by atoms with Crippen LogP contribution in [0.4, 0.5) is 0 Å². The van der Waals surface area contributed by atoms with Crippen molar-refractivity contribution in [1.29, 1.82) is 0 Å². The highest BCUT2D eigenvalue weighted by molar-refractivity contribution is 9.11. The summed E-state index contributed by atoms with van der Waals surface area (Å²) in [5.74, 6) is 0. The van der Waals surface area contributed by atoms with E-state index in [2.05, 4.69) is 15.9 Å². The van der Waals surface area contributed by atoms with E-state index >= 15 is 0 Å². The number of hydrogen-bond donors (Lipinski definition) is 1. The van der Waals surface area contributed by atoms with Crippen molar-refractivity contribution in [2.45, 2.75) is 6.42 Å². The Morgan fingerprint density at radius 1 is 1.43 bits per heavy atom. The Balaban J connectivity index is 2.66. The van der Waals surface area contributed by atoms with E-state index in [0.717, 1.165) is 11.4 Å². The maximum absolute atomic E-state index is 5.96. The van der Waals surface area contributed by atoms with E-state index in [9.17, 15) is 0 Å². The first kappa shape index (κ1) is 10.4. The first-order chi connectivity index (χ1) is 6.72. The normalized spacial score (nSPS) is 11.1. The Labute approximate surface area is 100.0 Å². The van der Waals surface area contributed by atoms with Gasteiger partial charge in [-0.2, -0.15) is 0 Å². The second-order valence-corrected chi connectivity index (χ2v) is 5.84. The molecule has 2 N–H and O–H groups in total. The van der Waals surface area contributed by atoms with Crippen LogP contribution in [0.2, 0.25) is 5.02 Å². The third kappa shape index (κ3) is 1.82. The smallest absolute Gasteiger partial charge is 0.0743 e. The molecule has 4 heteroatoms. The van der Waals surface area contributed by atoms with Crippen molar-refractivity contribution in [3.63, 3.8) is 0 Å². The van der Waals surface area contributed by atoms with Crippen LogP contribution in [0.25, 0.3) is 10.1 Å². The molecule has 14 heavy (non-hydrogen) atoms. The van der Waals surface area contributed by atoms with Gasteiger partial charge in [0.05, 0.1) is 3.79 Å². The molecule has 0 aliphatic rings. The van der Waals surface area contributed by atoms with E-state index in [1.165, 1.54) is 19.4 Å². The molecule has 0 aliphatic heterocycles. The number of nitrogens with two attached hydrogens (primary N) is 1. The van der Waals surface area contributed by atoms with Crippen LogP contribution < -0.4 is 5.73 Å². The first-order valence-corrected chi connectivity index (χ1v) is 6.27. The van der Waals surface area contributed by atoms with Gasteiger partial charge in [-0.3, -0.25) is 0 Å². The second-order valence-electron chi connectivity index (χ2n) is 3.03. The number of benzene rings is 1. The zero-order valence-corrected chi connectivity index (χ0v) is 10.5. The molecule has 0 atom stereocenters. The van der Waals surface area contributed by atoms with Gasteiger partial charge in [0.25, 0.3) is 0 Å². The van der Waals surface area contributed by atoms with Gasteiger partial charge in [0.1, 0.15) is 0 Å². The zero-order valence-electron chi connectivity index (χ0n) is 7.39. The van der Waals surface area contributed by atoms with Gasteiger partial charge in [0.15, 0.2) is 0 Å². The van der Waals surface area contributed by atoms with Crippen LogP contribution in [0.15, 0.2) is 22.0 Å². The standard InChI is InChI=1S/C10H9BrClNS/c11-10-7(3-4-13)8-5-6(12)1-2-9(8)14-10/h1-2,5H,3-4,13H2. The van der Waals surface area contributed by atoms with Crippen LogP contribution >= 0.6 is 38.9 Å². The van der Waals surface area contributed by atoms with Gasteiger partial charge in [-0.05, 0) is 58.0 Å². The number of fused-ring (bicyclic) bond motifs is 1. The fourth-order valence-electron chi connectivity index (χ4n) is 1.47. The van der Waals surface area contributed by atoms with E-state index in [4.69, 9.17) is 17.3 Å². The van der Waals surface area contributed by atoms with Crippen molar-refractivity contribution < 1.29 is 0 Å². The summed E-state index contributed by atoms with van der Waals surface area (Å²) in [4.78, 5) is 0. The summed E-state index contributed by atoms with van der Waals surface area (Å²) in [7, 11) is 0. The van der Waals surface area contributed by atoms with E-state index < -0.39 is 0 Å². The number of halogens is 2. The Morgan fingerprint density at radius 3 is 2.93 bits per heavy atom. The molecule has 0 saturated heterocycles. The third-order valence-electron chi connectivity index (χ3n) is 2.10. The summed E-state index contributed by atoms with van der Waals surface area (Å²) in [6.45, 7) is 0.664. The SMILES string of the molecule is NCCc1c(Br)sc2ccc(Cl)cc12. The van der Waals surface area contributed by atoms with E-state index in [1.807, 2.05) is 18.2 Å². The van der Waals surface area contributed by atoms with Gasteiger partial charge in [-0.15, -0.1) is 11.3 Å². The van der Waals surface area contributed by atoms with Crippen LogP contribution in [-0.4, -0.2) is 6.54 Å². The molecule has 0 fully saturated rings. The van der Waals surface area contributed by atoms with Crippen molar-refractivity contribution in [1.82, 2.24) is 0 Å². The summed E-state index contributed by atoms with van der Waals surface area (Å²) in [5, 5.41) is 2.00. The van der Waals surface area contributed by atoms with Crippen molar-refractivity contribution in [3.05, 3.63) is 32.6 Å². The van der Waals surface area contributed by atoms with Crippen molar-refractivity contribution in [2.24, 2.45) is 5.73 Å². The van der Waals surface area contributed by atoms with Gasteiger partial charge >= 0.3 is 0 Å². The molecule has 2 rings (SSSR count). The Bertz CT molecular complexity index is 466. The monoisotopic (exact) mass is 289 g/mol. The molecular weight excluding hydrogens is 282 g/mol. The van der Waals surface area contributed by atoms with Crippen LogP contribution in [-0.2, 0) is 6.42 Å². The molecule has 1 aromatic heterocycles. The lowest BCUT2D eigenvalue weighted by atomic mass is 10.1. The zero-order chi connectivity index (χ0) is 10.1. The van der Waals surface area contributed by atoms with Gasteiger partial charge in [0, 0.05) is 9.72 Å². The average molecular weight is 291 g/mol. The summed E-state index contributed by atoms with van der Waals surface area (Å²) in [6, 6.07) is 5.97. The predicted molar refractivity (Wildman–Crippen MR) is 67.3 cm³/mol. The van der Waals surface area contributed by atoms with Crippen LogP contribution in [0, 0.1) is 0 Å². The summed E-state index contributed by atoms with van der Waals surface area (Å²) in [6.07, 6.45) is 0.890. The Morgan fingerprint density at radius 2 is 2.21 bits per heavy atom. The molecule has 1 aromatic carbocycles. The molecule has 0 radical (unpaired) electrons. The molecule has 1 nitrogen and oxygen atoms in total. The van der Waals surface area contributed by atoms with Gasteiger partial charge < -0.3 is 5.73 Å². The third-order valence-corrected chi connectivity index (χ3v) is 4.30. The highest BCUT2D eigenvalue weighted by atomic mass is 79.9. The van der Waals surface area contributed by atoms with Gasteiger partial charge in [-0.25, -0.2) is 0 Å². The molecular formula is C10H9BrClNS. The number of thiophene rings is 1. The molecule has 0 bridgehead atoms. The molecule has 74 valence electrons. The summed E-state index contributed by atoms with van der Waals surface area (Å²) >= 11 is 11.2. The lowest BCUT2D eigenvalue weighted by Crippen LogP contribution is -2.02. The van der Waals surface area contributed by atoms with E-state index in [0.29, 0.717) is 6.54 Å². The van der Waals surface area contributed by atoms with Crippen LogP contribution in [0.3, 0.4) is 0 Å². The maximum atomic E-state index is 5.96. The quantitative estimate of drug-likeness (QED) is 0.894. The molecule has 0 unspecified atom stereocenters. The second kappa shape index (κ2) is 4.19. The lowest BCUT2D eigenvalue weighted by Gasteiger charge is -1.97. The Kier molecular flexibility index (Phi) is 3.12. The van der Waals surface area contributed by atoms with E-state index in [-0.39, 0.29) is 0 Å². The van der Waals surface area contributed by atoms with Crippen molar-refractivity contribution in [2.75, 3.05) is 6.54 Å². The largest absolute Gasteiger partial charge is 0.330 e. The first-order valence-electron chi connectivity index (χ1n) is 4.29. The minimum Gasteiger partial charge on any atom is -0.330 e. The predicted octanol–water partition coefficient (Wildman–Crippen LogP) is 3.82. The van der Waals surface area contributed by atoms with E-state index in [1.54, 1.807) is 11.3 Å². The highest BCUT2D eigenvalue weighted by Gasteiger charge is 2.09. The fraction of sp³-hybridized carbons (Fsp3) is 0.200. The van der Waals surface area contributed by atoms with Gasteiger partial charge in [0.2, 0.25) is 0 Å². The fourth-order valence-corrected chi connectivity index (χ4v) is 3.53. The molecule has 0 amide bonds. The average Bonchev–Trinajstić information content (AvgIpc) is 2.45. The van der Waals surface area contributed by atoms with Crippen molar-refractivity contribution >= 4 is 49.0 Å². The number of hydrogen-bond acceptors (Lipinski definition) is 2. The Hall–Kier alpha value is -0.0900. The minimum absolute atomic E-state index is 0.664. The van der Waals surface area contributed by atoms with Gasteiger partial charge in [-0.1, -0.05) is 11.6 Å². The van der Waals surface area contributed by atoms with Crippen LogP contribution in [0.1, 0.15) is 5.56 Å². The molecule has 0 saturated carbocycles. The molecule has 0 spiro atoms. The molecule has 2 aromatic rings. The highest BCUT2D eigenvalue weighted by Crippen LogP contribution is 2.36. The summed E-state index contributed by atoms with van der Waals surface area (Å²) < 4.78 is 2.42.